The molecule has 222 valence electrons. The number of phenolic OH excluding ortho intramolecular Hbond substituents is 1. The molecule has 0 aromatic heterocycles. The van der Waals surface area contributed by atoms with Crippen LogP contribution in [0.3, 0.4) is 0 Å². The van der Waals surface area contributed by atoms with Crippen LogP contribution in [0.2, 0.25) is 0 Å². The van der Waals surface area contributed by atoms with E-state index < -0.39 is 41.9 Å². The number of aromatic hydroxyl groups is 1. The van der Waals surface area contributed by atoms with E-state index in [1.54, 1.807) is 37.3 Å². The van der Waals surface area contributed by atoms with Crippen molar-refractivity contribution >= 4 is 17.7 Å². The van der Waals surface area contributed by atoms with Gasteiger partial charge in [0.05, 0.1) is 12.1 Å². The van der Waals surface area contributed by atoms with Crippen molar-refractivity contribution in [2.75, 3.05) is 20.1 Å². The van der Waals surface area contributed by atoms with Crippen LogP contribution < -0.4 is 20.7 Å². The summed E-state index contributed by atoms with van der Waals surface area (Å²) in [6.07, 6.45) is 0.731. The highest BCUT2D eigenvalue weighted by Crippen LogP contribution is 2.34. The Labute approximate surface area is 239 Å². The van der Waals surface area contributed by atoms with Gasteiger partial charge in [-0.15, -0.1) is 0 Å². The number of carbonyl (C=O) groups excluding carboxylic acids is 3. The molecule has 1 heterocycles. The summed E-state index contributed by atoms with van der Waals surface area (Å²) in [5, 5.41) is 29.0. The van der Waals surface area contributed by atoms with Gasteiger partial charge in [0, 0.05) is 38.5 Å². The van der Waals surface area contributed by atoms with Crippen molar-refractivity contribution < 1.29 is 33.7 Å². The number of hydrogen-bond acceptors (Lipinski definition) is 7. The molecule has 2 aromatic rings. The number of hydrogen-bond donors (Lipinski definition) is 5. The van der Waals surface area contributed by atoms with Crippen LogP contribution in [-0.4, -0.2) is 83.3 Å². The van der Waals surface area contributed by atoms with E-state index in [1.807, 2.05) is 6.92 Å². The van der Waals surface area contributed by atoms with Gasteiger partial charge in [0.2, 0.25) is 17.7 Å². The van der Waals surface area contributed by atoms with Crippen LogP contribution >= 0.6 is 0 Å². The monoisotopic (exact) mass is 570 g/mol. The lowest BCUT2D eigenvalue weighted by atomic mass is 10.0. The van der Waals surface area contributed by atoms with E-state index in [0.29, 0.717) is 43.7 Å². The lowest BCUT2D eigenvalue weighted by molar-refractivity contribution is -0.141. The van der Waals surface area contributed by atoms with Crippen molar-refractivity contribution in [2.45, 2.75) is 69.9 Å². The highest BCUT2D eigenvalue weighted by molar-refractivity contribution is 5.93. The SMILES string of the molecule is C[C@@H]1CN[C@@H](C2CC2O)C(=O)N(C)[C@H](C)C(=O)N[C@H](Cc2ccc(F)cc2)C(=O)NCCCc2ccc(O)cc2O1. The number of fused-ring (bicyclic) bond motifs is 1. The Balaban J connectivity index is 1.59. The number of benzene rings is 2. The molecule has 1 aliphatic heterocycles. The molecule has 1 aliphatic carbocycles. The molecular formula is C30H39FN4O6. The second kappa shape index (κ2) is 13.3. The highest BCUT2D eigenvalue weighted by atomic mass is 19.1. The lowest BCUT2D eigenvalue weighted by Crippen LogP contribution is -2.57. The van der Waals surface area contributed by atoms with Crippen molar-refractivity contribution in [3.63, 3.8) is 0 Å². The summed E-state index contributed by atoms with van der Waals surface area (Å²) in [7, 11) is 1.52. The maximum absolute atomic E-state index is 13.5. The summed E-state index contributed by atoms with van der Waals surface area (Å²) < 4.78 is 19.6. The molecule has 2 unspecified atom stereocenters. The molecule has 2 aliphatic rings. The van der Waals surface area contributed by atoms with E-state index in [-0.39, 0.29) is 30.1 Å². The van der Waals surface area contributed by atoms with Gasteiger partial charge in [-0.25, -0.2) is 4.39 Å². The van der Waals surface area contributed by atoms with Crippen LogP contribution in [0.4, 0.5) is 4.39 Å². The van der Waals surface area contributed by atoms with Crippen LogP contribution in [0.15, 0.2) is 42.5 Å². The average molecular weight is 571 g/mol. The molecule has 6 atom stereocenters. The topological polar surface area (TPSA) is 140 Å². The third kappa shape index (κ3) is 7.95. The predicted molar refractivity (Wildman–Crippen MR) is 150 cm³/mol. The molecule has 0 spiro atoms. The van der Waals surface area contributed by atoms with Crippen molar-refractivity contribution in [1.29, 1.82) is 0 Å². The second-order valence-corrected chi connectivity index (χ2v) is 11.0. The average Bonchev–Trinajstić information content (AvgIpc) is 3.66. The Morgan fingerprint density at radius 2 is 1.78 bits per heavy atom. The molecular weight excluding hydrogens is 531 g/mol. The number of rotatable bonds is 3. The second-order valence-electron chi connectivity index (χ2n) is 11.0. The summed E-state index contributed by atoms with van der Waals surface area (Å²) in [4.78, 5) is 41.3. The maximum Gasteiger partial charge on any atom is 0.243 e. The molecule has 5 N–H and O–H groups in total. The van der Waals surface area contributed by atoms with Gasteiger partial charge < -0.3 is 35.8 Å². The maximum atomic E-state index is 13.5. The normalized spacial score (nSPS) is 28.4. The Morgan fingerprint density at radius 3 is 2.46 bits per heavy atom. The number of nitrogens with one attached hydrogen (secondary N) is 3. The predicted octanol–water partition coefficient (Wildman–Crippen LogP) is 1.27. The highest BCUT2D eigenvalue weighted by Gasteiger charge is 2.46. The Hall–Kier alpha value is -3.70. The Morgan fingerprint density at radius 1 is 1.07 bits per heavy atom. The van der Waals surface area contributed by atoms with E-state index in [1.165, 1.54) is 24.1 Å². The summed E-state index contributed by atoms with van der Waals surface area (Å²) >= 11 is 0. The third-order valence-corrected chi connectivity index (χ3v) is 7.72. The number of aliphatic hydroxyl groups is 1. The molecule has 11 heteroatoms. The molecule has 41 heavy (non-hydrogen) atoms. The molecule has 3 amide bonds. The zero-order valence-electron chi connectivity index (χ0n) is 23.6. The smallest absolute Gasteiger partial charge is 0.243 e. The van der Waals surface area contributed by atoms with Gasteiger partial charge in [-0.1, -0.05) is 18.2 Å². The molecule has 0 saturated heterocycles. The van der Waals surface area contributed by atoms with Crippen LogP contribution in [0.5, 0.6) is 11.5 Å². The van der Waals surface area contributed by atoms with Crippen molar-refractivity contribution in [2.24, 2.45) is 5.92 Å². The summed E-state index contributed by atoms with van der Waals surface area (Å²) in [6.45, 7) is 4.03. The molecule has 4 rings (SSSR count). The summed E-state index contributed by atoms with van der Waals surface area (Å²) in [6, 6.07) is 7.99. The van der Waals surface area contributed by atoms with Crippen LogP contribution in [0.1, 0.15) is 37.8 Å². The van der Waals surface area contributed by atoms with Crippen molar-refractivity contribution in [1.82, 2.24) is 20.9 Å². The van der Waals surface area contributed by atoms with Crippen LogP contribution in [-0.2, 0) is 27.2 Å². The molecule has 10 nitrogen and oxygen atoms in total. The number of halogens is 1. The zero-order valence-corrected chi connectivity index (χ0v) is 23.6. The van der Waals surface area contributed by atoms with Gasteiger partial charge in [-0.3, -0.25) is 14.4 Å². The first-order valence-electron chi connectivity index (χ1n) is 14.0. The van der Waals surface area contributed by atoms with Crippen LogP contribution in [0, 0.1) is 11.7 Å². The van der Waals surface area contributed by atoms with Gasteiger partial charge in [0.15, 0.2) is 0 Å². The van der Waals surface area contributed by atoms with E-state index in [4.69, 9.17) is 4.74 Å². The first-order valence-corrected chi connectivity index (χ1v) is 14.0. The van der Waals surface area contributed by atoms with Crippen LogP contribution in [0.25, 0.3) is 0 Å². The van der Waals surface area contributed by atoms with E-state index in [0.717, 1.165) is 5.56 Å². The fourth-order valence-corrected chi connectivity index (χ4v) is 4.95. The standard InChI is InChI=1S/C30H39FN4O6/c1-17-16-33-27(23-15-25(23)37)30(40)35(3)18(2)28(38)34-24(13-19-6-9-21(31)10-7-19)29(39)32-12-4-5-20-8-11-22(36)14-26(20)41-17/h6-11,14,17-18,23-25,27,33,36-37H,4-5,12-13,15-16H2,1-3H3,(H,32,39)(H,34,38)/t17-,18-,23?,24-,25?,27+/m1/s1. The number of carbonyl (C=O) groups is 3. The first-order chi connectivity index (χ1) is 19.5. The molecule has 2 aromatic carbocycles. The quantitative estimate of drug-likeness (QED) is 0.375. The molecule has 1 saturated carbocycles. The fraction of sp³-hybridized carbons (Fsp3) is 0.500. The molecule has 0 radical (unpaired) electrons. The van der Waals surface area contributed by atoms with E-state index in [9.17, 15) is 29.0 Å². The Bertz CT molecular complexity index is 1240. The van der Waals surface area contributed by atoms with Gasteiger partial charge in [0.25, 0.3) is 0 Å². The molecule has 1 fully saturated rings. The van der Waals surface area contributed by atoms with Gasteiger partial charge >= 0.3 is 0 Å². The third-order valence-electron chi connectivity index (χ3n) is 7.72. The minimum Gasteiger partial charge on any atom is -0.508 e. The fourth-order valence-electron chi connectivity index (χ4n) is 4.95. The lowest BCUT2D eigenvalue weighted by Gasteiger charge is -2.31. The van der Waals surface area contributed by atoms with E-state index in [2.05, 4.69) is 16.0 Å². The number of amides is 3. The van der Waals surface area contributed by atoms with Crippen molar-refractivity contribution in [3.8, 4) is 11.5 Å². The first kappa shape index (κ1) is 30.3. The minimum atomic E-state index is -0.953. The minimum absolute atomic E-state index is 0.0588. The van der Waals surface area contributed by atoms with E-state index >= 15 is 0 Å². The summed E-state index contributed by atoms with van der Waals surface area (Å²) in [5.41, 5.74) is 1.51. The number of aliphatic hydroxyl groups excluding tert-OH is 1. The largest absolute Gasteiger partial charge is 0.508 e. The van der Waals surface area contributed by atoms with Gasteiger partial charge in [-0.05, 0) is 62.4 Å². The van der Waals surface area contributed by atoms with Gasteiger partial charge in [-0.2, -0.15) is 0 Å². The Kier molecular flexibility index (Phi) is 9.82. The number of nitrogens with zero attached hydrogens (tertiary/aromatic N) is 1. The van der Waals surface area contributed by atoms with Crippen molar-refractivity contribution in [3.05, 3.63) is 59.4 Å². The number of phenols is 1. The zero-order chi connectivity index (χ0) is 29.7. The molecule has 0 bridgehead atoms. The number of aryl methyl sites for hydroxylation is 1. The summed E-state index contributed by atoms with van der Waals surface area (Å²) in [5.74, 6) is -1.41. The number of likely N-dealkylation sites (N-methyl/N-ethyl adjacent to an activating group) is 1. The van der Waals surface area contributed by atoms with Gasteiger partial charge in [0.1, 0.15) is 35.5 Å². The number of ether oxygens (including phenoxy) is 1.